The van der Waals surface area contributed by atoms with Gasteiger partial charge in [0.05, 0.1) is 18.2 Å². The van der Waals surface area contributed by atoms with Crippen molar-refractivity contribution in [1.29, 1.82) is 0 Å². The Morgan fingerprint density at radius 3 is 2.37 bits per heavy atom. The fourth-order valence-corrected chi connectivity index (χ4v) is 1.66. The molecule has 0 saturated heterocycles. The molecule has 1 heterocycles. The molecule has 0 aliphatic heterocycles. The first-order valence-electron chi connectivity index (χ1n) is 6.47. The van der Waals surface area contributed by atoms with E-state index in [9.17, 15) is 9.90 Å². The number of aliphatic hydroxyl groups excluding tert-OH is 1. The number of carbonyl (C=O) groups is 1. The number of aromatic carboxylic acids is 1. The smallest absolute Gasteiger partial charge is 0.335 e. The minimum atomic E-state index is -0.975. The number of aromatic nitrogens is 1. The molecule has 0 unspecified atom stereocenters. The van der Waals surface area contributed by atoms with E-state index in [4.69, 9.17) is 5.11 Å². The van der Waals surface area contributed by atoms with E-state index in [0.717, 1.165) is 5.69 Å². The first-order valence-corrected chi connectivity index (χ1v) is 6.47. The predicted octanol–water partition coefficient (Wildman–Crippen LogP) is 2.33. The highest BCUT2D eigenvalue weighted by molar-refractivity contribution is 5.88. The van der Waals surface area contributed by atoms with Crippen LogP contribution in [0, 0.1) is 5.92 Å². The molecule has 5 nitrogen and oxygen atoms in total. The molecule has 0 bridgehead atoms. The van der Waals surface area contributed by atoms with Crippen LogP contribution in [0.15, 0.2) is 12.1 Å². The van der Waals surface area contributed by atoms with Crippen molar-refractivity contribution in [3.8, 4) is 0 Å². The summed E-state index contributed by atoms with van der Waals surface area (Å²) in [6.07, 6.45) is 0. The Morgan fingerprint density at radius 2 is 1.95 bits per heavy atom. The van der Waals surface area contributed by atoms with Gasteiger partial charge in [-0.05, 0) is 24.0 Å². The summed E-state index contributed by atoms with van der Waals surface area (Å²) in [6, 6.07) is 2.94. The third kappa shape index (κ3) is 4.21. The van der Waals surface area contributed by atoms with Crippen LogP contribution in [0.2, 0.25) is 0 Å². The number of rotatable bonds is 6. The number of pyridine rings is 1. The highest BCUT2D eigenvalue weighted by atomic mass is 16.4. The van der Waals surface area contributed by atoms with Crippen molar-refractivity contribution in [3.05, 3.63) is 23.4 Å². The lowest BCUT2D eigenvalue weighted by molar-refractivity contribution is 0.0696. The van der Waals surface area contributed by atoms with Gasteiger partial charge in [0.2, 0.25) is 0 Å². The van der Waals surface area contributed by atoms with Crippen molar-refractivity contribution in [2.24, 2.45) is 5.92 Å². The quantitative estimate of drug-likeness (QED) is 0.736. The van der Waals surface area contributed by atoms with Gasteiger partial charge in [-0.3, -0.25) is 0 Å². The fraction of sp³-hybridized carbons (Fsp3) is 0.571. The van der Waals surface area contributed by atoms with Crippen LogP contribution < -0.4 is 5.32 Å². The van der Waals surface area contributed by atoms with Gasteiger partial charge in [-0.1, -0.05) is 27.7 Å². The van der Waals surface area contributed by atoms with E-state index < -0.39 is 5.97 Å². The van der Waals surface area contributed by atoms with E-state index in [0.29, 0.717) is 5.82 Å². The lowest BCUT2D eigenvalue weighted by Crippen LogP contribution is -2.30. The predicted molar refractivity (Wildman–Crippen MR) is 74.6 cm³/mol. The second-order valence-electron chi connectivity index (χ2n) is 5.30. The van der Waals surface area contributed by atoms with Gasteiger partial charge < -0.3 is 15.5 Å². The van der Waals surface area contributed by atoms with Gasteiger partial charge in [-0.25, -0.2) is 9.78 Å². The Kier molecular flexibility index (Phi) is 5.30. The maximum absolute atomic E-state index is 11.1. The van der Waals surface area contributed by atoms with Crippen LogP contribution in [0.3, 0.4) is 0 Å². The number of carboxylic acids is 1. The first-order chi connectivity index (χ1) is 8.85. The molecular weight excluding hydrogens is 244 g/mol. The molecule has 106 valence electrons. The highest BCUT2D eigenvalue weighted by Crippen LogP contribution is 2.19. The summed E-state index contributed by atoms with van der Waals surface area (Å²) in [6.45, 7) is 7.87. The van der Waals surface area contributed by atoms with Crippen molar-refractivity contribution in [1.82, 2.24) is 4.98 Å². The Balaban J connectivity index is 3.09. The van der Waals surface area contributed by atoms with Crippen LogP contribution in [-0.2, 0) is 0 Å². The molecule has 0 aliphatic carbocycles. The lowest BCUT2D eigenvalue weighted by Gasteiger charge is -2.21. The van der Waals surface area contributed by atoms with Crippen LogP contribution in [0.1, 0.15) is 49.7 Å². The van der Waals surface area contributed by atoms with Gasteiger partial charge in [-0.2, -0.15) is 0 Å². The summed E-state index contributed by atoms with van der Waals surface area (Å²) in [4.78, 5) is 15.5. The minimum absolute atomic E-state index is 0.0202. The normalized spacial score (nSPS) is 12.8. The maximum atomic E-state index is 11.1. The van der Waals surface area contributed by atoms with Crippen LogP contribution in [0.4, 0.5) is 5.82 Å². The van der Waals surface area contributed by atoms with Crippen molar-refractivity contribution < 1.29 is 15.0 Å². The lowest BCUT2D eigenvalue weighted by atomic mass is 10.0. The fourth-order valence-electron chi connectivity index (χ4n) is 1.66. The van der Waals surface area contributed by atoms with Crippen molar-refractivity contribution in [2.45, 2.75) is 39.7 Å². The van der Waals surface area contributed by atoms with E-state index in [-0.39, 0.29) is 30.0 Å². The van der Waals surface area contributed by atoms with Gasteiger partial charge in [0, 0.05) is 5.69 Å². The summed E-state index contributed by atoms with van der Waals surface area (Å²) in [5.41, 5.74) is 0.935. The summed E-state index contributed by atoms with van der Waals surface area (Å²) in [5.74, 6) is -0.108. The third-order valence-electron chi connectivity index (χ3n) is 3.02. The number of nitrogens with zero attached hydrogens (tertiary/aromatic N) is 1. The van der Waals surface area contributed by atoms with Crippen molar-refractivity contribution in [3.63, 3.8) is 0 Å². The summed E-state index contributed by atoms with van der Waals surface area (Å²) >= 11 is 0. The van der Waals surface area contributed by atoms with Crippen LogP contribution >= 0.6 is 0 Å². The largest absolute Gasteiger partial charge is 0.478 e. The minimum Gasteiger partial charge on any atom is -0.478 e. The molecule has 3 N–H and O–H groups in total. The molecule has 0 fully saturated rings. The van der Waals surface area contributed by atoms with Crippen LogP contribution in [0.5, 0.6) is 0 Å². The number of aliphatic hydroxyl groups is 1. The summed E-state index contributed by atoms with van der Waals surface area (Å²) < 4.78 is 0. The van der Waals surface area contributed by atoms with E-state index in [2.05, 4.69) is 10.3 Å². The molecule has 1 rings (SSSR count). The summed E-state index contributed by atoms with van der Waals surface area (Å²) in [5, 5.41) is 21.5. The molecule has 5 heteroatoms. The number of nitrogens with one attached hydrogen (secondary N) is 1. The van der Waals surface area contributed by atoms with Crippen LogP contribution in [0.25, 0.3) is 0 Å². The zero-order chi connectivity index (χ0) is 14.6. The second kappa shape index (κ2) is 6.52. The average Bonchev–Trinajstić information content (AvgIpc) is 2.34. The zero-order valence-electron chi connectivity index (χ0n) is 11.8. The molecule has 1 atom stereocenters. The Bertz CT molecular complexity index is 444. The zero-order valence-corrected chi connectivity index (χ0v) is 11.8. The van der Waals surface area contributed by atoms with Gasteiger partial charge in [-0.15, -0.1) is 0 Å². The van der Waals surface area contributed by atoms with Crippen molar-refractivity contribution in [2.75, 3.05) is 11.9 Å². The van der Waals surface area contributed by atoms with E-state index in [1.54, 1.807) is 6.07 Å². The van der Waals surface area contributed by atoms with Gasteiger partial charge in [0.15, 0.2) is 0 Å². The topological polar surface area (TPSA) is 82.5 Å². The van der Waals surface area contributed by atoms with E-state index in [1.807, 2.05) is 27.7 Å². The van der Waals surface area contributed by atoms with Gasteiger partial charge in [0.1, 0.15) is 5.82 Å². The maximum Gasteiger partial charge on any atom is 0.335 e. The van der Waals surface area contributed by atoms with E-state index >= 15 is 0 Å². The standard InChI is InChI=1S/C14H22N2O3/c1-8(2)11-5-10(14(18)19)6-13(15-11)16-12(7-17)9(3)4/h5-6,8-9,12,17H,7H2,1-4H3,(H,15,16)(H,18,19)/t12-/m1/s1. The molecular formula is C14H22N2O3. The Hall–Kier alpha value is -1.62. The molecule has 0 amide bonds. The van der Waals surface area contributed by atoms with Crippen molar-refractivity contribution >= 4 is 11.8 Å². The highest BCUT2D eigenvalue weighted by Gasteiger charge is 2.15. The molecule has 0 spiro atoms. The Morgan fingerprint density at radius 1 is 1.32 bits per heavy atom. The SMILES string of the molecule is CC(C)c1cc(C(=O)O)cc(N[C@H](CO)C(C)C)n1. The molecule has 0 radical (unpaired) electrons. The third-order valence-corrected chi connectivity index (χ3v) is 3.02. The molecule has 0 aromatic carbocycles. The summed E-state index contributed by atoms with van der Waals surface area (Å²) in [7, 11) is 0. The molecule has 0 saturated carbocycles. The van der Waals surface area contributed by atoms with E-state index in [1.165, 1.54) is 6.07 Å². The number of hydrogen-bond acceptors (Lipinski definition) is 4. The molecule has 0 aliphatic rings. The average molecular weight is 266 g/mol. The molecule has 19 heavy (non-hydrogen) atoms. The number of carboxylic acid groups (broad SMARTS) is 1. The van der Waals surface area contributed by atoms with Gasteiger partial charge >= 0.3 is 5.97 Å². The first kappa shape index (κ1) is 15.4. The number of anilines is 1. The number of hydrogen-bond donors (Lipinski definition) is 3. The van der Waals surface area contributed by atoms with Crippen LogP contribution in [-0.4, -0.2) is 33.8 Å². The Labute approximate surface area is 113 Å². The van der Waals surface area contributed by atoms with Gasteiger partial charge in [0.25, 0.3) is 0 Å². The monoisotopic (exact) mass is 266 g/mol. The molecule has 1 aromatic rings. The second-order valence-corrected chi connectivity index (χ2v) is 5.30. The molecule has 1 aromatic heterocycles.